The molecule has 0 bridgehead atoms. The predicted octanol–water partition coefficient (Wildman–Crippen LogP) is 5.97. The second-order valence-electron chi connectivity index (χ2n) is 7.09. The Bertz CT molecular complexity index is 1040. The van der Waals surface area contributed by atoms with Crippen LogP contribution in [0.25, 0.3) is 0 Å². The van der Waals surface area contributed by atoms with Crippen molar-refractivity contribution in [2.75, 3.05) is 7.11 Å². The number of rotatable bonds is 10. The maximum absolute atomic E-state index is 12.5. The fraction of sp³-hybridized carbons (Fsp3) is 0.200. The second kappa shape index (κ2) is 10.6. The first kappa shape index (κ1) is 22.4. The smallest absolute Gasteiger partial charge is 0.307 e. The highest BCUT2D eigenvalue weighted by molar-refractivity contribution is 6.30. The summed E-state index contributed by atoms with van der Waals surface area (Å²) >= 11 is 5.89. The fourth-order valence-electron chi connectivity index (χ4n) is 3.17. The highest BCUT2D eigenvalue weighted by Crippen LogP contribution is 2.32. The summed E-state index contributed by atoms with van der Waals surface area (Å²) in [4.78, 5) is 23.3. The van der Waals surface area contributed by atoms with Crippen LogP contribution >= 0.6 is 11.6 Å². The maximum atomic E-state index is 12.5. The molecule has 0 amide bonds. The third kappa shape index (κ3) is 6.59. The third-order valence-electron chi connectivity index (χ3n) is 4.77. The molecule has 31 heavy (non-hydrogen) atoms. The van der Waals surface area contributed by atoms with Crippen LogP contribution in [0.15, 0.2) is 66.7 Å². The first-order valence-electron chi connectivity index (χ1n) is 9.89. The normalized spacial score (nSPS) is 10.5. The molecule has 0 aliphatic rings. The third-order valence-corrected chi connectivity index (χ3v) is 5.02. The molecule has 0 aliphatic heterocycles. The highest BCUT2D eigenvalue weighted by Gasteiger charge is 2.11. The molecular formula is C25H23ClO5. The van der Waals surface area contributed by atoms with E-state index in [-0.39, 0.29) is 12.2 Å². The lowest BCUT2D eigenvalue weighted by molar-refractivity contribution is -0.136. The van der Waals surface area contributed by atoms with Crippen LogP contribution in [-0.2, 0) is 17.6 Å². The van der Waals surface area contributed by atoms with Gasteiger partial charge in [-0.2, -0.15) is 0 Å². The van der Waals surface area contributed by atoms with Gasteiger partial charge in [-0.05, 0) is 72.5 Å². The Morgan fingerprint density at radius 3 is 2.23 bits per heavy atom. The van der Waals surface area contributed by atoms with Crippen molar-refractivity contribution in [1.82, 2.24) is 0 Å². The number of ketones is 1. The van der Waals surface area contributed by atoms with E-state index in [4.69, 9.17) is 26.2 Å². The number of carboxylic acids is 1. The van der Waals surface area contributed by atoms with Crippen LogP contribution in [0.2, 0.25) is 5.02 Å². The lowest BCUT2D eigenvalue weighted by Crippen LogP contribution is -2.01. The van der Waals surface area contributed by atoms with Crippen molar-refractivity contribution in [3.8, 4) is 17.2 Å². The monoisotopic (exact) mass is 438 g/mol. The average Bonchev–Trinajstić information content (AvgIpc) is 2.76. The molecule has 1 N–H and O–H groups in total. The number of carbonyl (C=O) groups excluding carboxylic acids is 1. The van der Waals surface area contributed by atoms with Crippen molar-refractivity contribution >= 4 is 23.4 Å². The number of methoxy groups -OCH3 is 1. The molecule has 3 aromatic rings. The minimum absolute atomic E-state index is 0.0797. The SMILES string of the molecule is COc1cc(CC(=O)O)ccc1Oc1ccc(C(=O)CCCc2ccc(Cl)cc2)cc1. The Hall–Kier alpha value is -3.31. The van der Waals surface area contributed by atoms with Crippen LogP contribution in [0.1, 0.15) is 34.3 Å². The van der Waals surface area contributed by atoms with E-state index in [2.05, 4.69) is 0 Å². The fourth-order valence-corrected chi connectivity index (χ4v) is 3.29. The summed E-state index contributed by atoms with van der Waals surface area (Å²) in [6.45, 7) is 0. The Labute approximate surface area is 186 Å². The molecule has 0 fully saturated rings. The van der Waals surface area contributed by atoms with Gasteiger partial charge in [0.25, 0.3) is 0 Å². The van der Waals surface area contributed by atoms with Crippen LogP contribution in [0.3, 0.4) is 0 Å². The van der Waals surface area contributed by atoms with Crippen LogP contribution in [0.5, 0.6) is 17.2 Å². The molecular weight excluding hydrogens is 416 g/mol. The molecule has 3 aromatic carbocycles. The van der Waals surface area contributed by atoms with Crippen molar-refractivity contribution in [2.24, 2.45) is 0 Å². The van der Waals surface area contributed by atoms with Gasteiger partial charge >= 0.3 is 5.97 Å². The first-order chi connectivity index (χ1) is 14.9. The van der Waals surface area contributed by atoms with Crippen LogP contribution < -0.4 is 9.47 Å². The Kier molecular flexibility index (Phi) is 7.68. The number of halogens is 1. The molecule has 0 aliphatic carbocycles. The molecule has 0 heterocycles. The largest absolute Gasteiger partial charge is 0.493 e. The minimum Gasteiger partial charge on any atom is -0.493 e. The highest BCUT2D eigenvalue weighted by atomic mass is 35.5. The zero-order valence-electron chi connectivity index (χ0n) is 17.1. The van der Waals surface area contributed by atoms with Gasteiger partial charge in [0, 0.05) is 17.0 Å². The van der Waals surface area contributed by atoms with E-state index in [1.807, 2.05) is 24.3 Å². The first-order valence-corrected chi connectivity index (χ1v) is 10.3. The molecule has 3 rings (SSSR count). The van der Waals surface area contributed by atoms with Gasteiger partial charge in [-0.15, -0.1) is 0 Å². The van der Waals surface area contributed by atoms with Crippen molar-refractivity contribution in [2.45, 2.75) is 25.7 Å². The molecule has 0 unspecified atom stereocenters. The molecule has 160 valence electrons. The number of carbonyl (C=O) groups is 2. The van der Waals surface area contributed by atoms with Gasteiger partial charge in [0.1, 0.15) is 5.75 Å². The van der Waals surface area contributed by atoms with Gasteiger partial charge in [-0.3, -0.25) is 9.59 Å². The van der Waals surface area contributed by atoms with E-state index >= 15 is 0 Å². The lowest BCUT2D eigenvalue weighted by Gasteiger charge is -2.12. The van der Waals surface area contributed by atoms with Crippen molar-refractivity contribution in [3.05, 3.63) is 88.4 Å². The molecule has 0 radical (unpaired) electrons. The van der Waals surface area contributed by atoms with E-state index in [1.54, 1.807) is 42.5 Å². The maximum Gasteiger partial charge on any atom is 0.307 e. The van der Waals surface area contributed by atoms with Crippen LogP contribution in [0.4, 0.5) is 0 Å². The minimum atomic E-state index is -0.913. The van der Waals surface area contributed by atoms with Gasteiger partial charge in [-0.25, -0.2) is 0 Å². The number of aliphatic carboxylic acids is 1. The molecule has 0 saturated carbocycles. The van der Waals surface area contributed by atoms with E-state index in [0.29, 0.717) is 39.8 Å². The standard InChI is InChI=1S/C25H23ClO5/c1-30-24-15-18(16-25(28)29)7-14-23(24)31-21-12-8-19(9-13-21)22(27)4-2-3-17-5-10-20(26)11-6-17/h5-15H,2-4,16H2,1H3,(H,28,29). The number of aryl methyl sites for hydroxylation is 1. The number of carboxylic acid groups (broad SMARTS) is 1. The van der Waals surface area contributed by atoms with E-state index in [1.165, 1.54) is 7.11 Å². The molecule has 6 heteroatoms. The van der Waals surface area contributed by atoms with Gasteiger partial charge in [0.05, 0.1) is 13.5 Å². The second-order valence-corrected chi connectivity index (χ2v) is 7.52. The van der Waals surface area contributed by atoms with Crippen molar-refractivity contribution in [3.63, 3.8) is 0 Å². The summed E-state index contributed by atoms with van der Waals surface area (Å²) < 4.78 is 11.2. The number of ether oxygens (including phenoxy) is 2. The van der Waals surface area contributed by atoms with Crippen LogP contribution in [-0.4, -0.2) is 24.0 Å². The zero-order valence-corrected chi connectivity index (χ0v) is 17.9. The summed E-state index contributed by atoms with van der Waals surface area (Å²) in [6.07, 6.45) is 1.95. The van der Waals surface area contributed by atoms with Gasteiger partial charge in [0.2, 0.25) is 0 Å². The zero-order chi connectivity index (χ0) is 22.2. The Morgan fingerprint density at radius 2 is 1.58 bits per heavy atom. The molecule has 5 nitrogen and oxygen atoms in total. The molecule has 0 saturated heterocycles. The number of benzene rings is 3. The molecule has 0 spiro atoms. The number of hydrogen-bond donors (Lipinski definition) is 1. The van der Waals surface area contributed by atoms with Crippen LogP contribution in [0, 0.1) is 0 Å². The summed E-state index contributed by atoms with van der Waals surface area (Å²) in [7, 11) is 1.50. The predicted molar refractivity (Wildman–Crippen MR) is 120 cm³/mol. The topological polar surface area (TPSA) is 72.8 Å². The average molecular weight is 439 g/mol. The van der Waals surface area contributed by atoms with E-state index in [9.17, 15) is 9.59 Å². The summed E-state index contributed by atoms with van der Waals surface area (Å²) in [5.41, 5.74) is 2.41. The van der Waals surface area contributed by atoms with E-state index < -0.39 is 5.97 Å². The van der Waals surface area contributed by atoms with Crippen molar-refractivity contribution < 1.29 is 24.2 Å². The molecule has 0 atom stereocenters. The van der Waals surface area contributed by atoms with Gasteiger partial charge in [0.15, 0.2) is 17.3 Å². The van der Waals surface area contributed by atoms with E-state index in [0.717, 1.165) is 18.4 Å². The molecule has 0 aromatic heterocycles. The lowest BCUT2D eigenvalue weighted by atomic mass is 10.0. The number of hydrogen-bond acceptors (Lipinski definition) is 4. The summed E-state index contributed by atoms with van der Waals surface area (Å²) in [5.74, 6) is 0.641. The summed E-state index contributed by atoms with van der Waals surface area (Å²) in [5, 5.41) is 9.63. The number of Topliss-reactive ketones (excluding diaryl/α,β-unsaturated/α-hetero) is 1. The van der Waals surface area contributed by atoms with Crippen molar-refractivity contribution in [1.29, 1.82) is 0 Å². The van der Waals surface area contributed by atoms with Gasteiger partial charge in [-0.1, -0.05) is 29.8 Å². The Balaban J connectivity index is 1.57. The Morgan fingerprint density at radius 1 is 0.903 bits per heavy atom. The quantitative estimate of drug-likeness (QED) is 0.394. The summed E-state index contributed by atoms with van der Waals surface area (Å²) in [6, 6.07) is 19.6. The van der Waals surface area contributed by atoms with Gasteiger partial charge < -0.3 is 14.6 Å².